The van der Waals surface area contributed by atoms with Gasteiger partial charge in [-0.05, 0) is 6.92 Å². The number of nitrogens with zero attached hydrogens (tertiary/aromatic N) is 1. The first kappa shape index (κ1) is 24.4. The zero-order chi connectivity index (χ0) is 19.6. The predicted octanol–water partition coefficient (Wildman–Crippen LogP) is 0.916. The summed E-state index contributed by atoms with van der Waals surface area (Å²) >= 11 is 1.66. The molecule has 9 heteroatoms. The van der Waals surface area contributed by atoms with Gasteiger partial charge in [-0.2, -0.15) is 11.8 Å². The van der Waals surface area contributed by atoms with E-state index in [1.807, 2.05) is 11.8 Å². The summed E-state index contributed by atoms with van der Waals surface area (Å²) in [5.74, 6) is 0.893. The van der Waals surface area contributed by atoms with Crippen molar-refractivity contribution in [2.45, 2.75) is 26.7 Å². The zero-order valence-electron chi connectivity index (χ0n) is 15.5. The molecule has 1 unspecified atom stereocenters. The third kappa shape index (κ3) is 14.7. The second kappa shape index (κ2) is 16.8. The molecule has 0 aromatic heterocycles. The highest BCUT2D eigenvalue weighted by Gasteiger charge is 2.12. The fourth-order valence-electron chi connectivity index (χ4n) is 1.89. The molecule has 0 spiro atoms. The van der Waals surface area contributed by atoms with Crippen LogP contribution in [-0.4, -0.2) is 80.6 Å². The lowest BCUT2D eigenvalue weighted by Gasteiger charge is -2.21. The molecule has 0 aliphatic rings. The Balaban J connectivity index is 4.20. The molecule has 0 saturated carbocycles. The van der Waals surface area contributed by atoms with E-state index in [2.05, 4.69) is 4.74 Å². The molecule has 0 amide bonds. The van der Waals surface area contributed by atoms with Crippen LogP contribution in [0.25, 0.3) is 0 Å². The molecular weight excluding hydrogens is 362 g/mol. The first-order valence-corrected chi connectivity index (χ1v) is 9.80. The van der Waals surface area contributed by atoms with Crippen LogP contribution in [0.3, 0.4) is 0 Å². The Hall–Kier alpha value is -1.61. The molecule has 150 valence electrons. The lowest BCUT2D eigenvalue weighted by Crippen LogP contribution is -2.32. The van der Waals surface area contributed by atoms with Gasteiger partial charge in [0.1, 0.15) is 19.5 Å². The quantitative estimate of drug-likeness (QED) is 0.155. The Morgan fingerprint density at radius 3 is 2.27 bits per heavy atom. The lowest BCUT2D eigenvalue weighted by atomic mass is 10.3. The molecular formula is C17H29NO7S. The van der Waals surface area contributed by atoms with Crippen LogP contribution in [0.15, 0.2) is 0 Å². The van der Waals surface area contributed by atoms with Crippen molar-refractivity contribution >= 4 is 36.5 Å². The lowest BCUT2D eigenvalue weighted by molar-refractivity contribution is -0.147. The fourth-order valence-corrected chi connectivity index (χ4v) is 2.90. The topological polar surface area (TPSA) is 99.2 Å². The summed E-state index contributed by atoms with van der Waals surface area (Å²) in [5.41, 5.74) is 0. The average Bonchev–Trinajstić information content (AvgIpc) is 2.63. The van der Waals surface area contributed by atoms with Crippen molar-refractivity contribution in [1.82, 2.24) is 4.90 Å². The van der Waals surface area contributed by atoms with Gasteiger partial charge < -0.3 is 23.9 Å². The smallest absolute Gasteiger partial charge is 0.307 e. The Bertz CT molecular complexity index is 420. The molecule has 0 fully saturated rings. The van der Waals surface area contributed by atoms with E-state index in [0.717, 1.165) is 17.8 Å². The first-order chi connectivity index (χ1) is 12.5. The molecule has 0 radical (unpaired) electrons. The van der Waals surface area contributed by atoms with Gasteiger partial charge in [0.2, 0.25) is 0 Å². The van der Waals surface area contributed by atoms with E-state index in [9.17, 15) is 19.2 Å². The SMILES string of the molecule is CCOC(=O)CCN(CCSCC(C)C=O)CCC(=O)OCCOC=O. The van der Waals surface area contributed by atoms with E-state index < -0.39 is 0 Å². The van der Waals surface area contributed by atoms with Gasteiger partial charge in [-0.1, -0.05) is 6.92 Å². The summed E-state index contributed by atoms with van der Waals surface area (Å²) in [5, 5.41) is 0. The van der Waals surface area contributed by atoms with Gasteiger partial charge in [-0.25, -0.2) is 0 Å². The minimum absolute atomic E-state index is 0.0107. The van der Waals surface area contributed by atoms with Gasteiger partial charge in [0, 0.05) is 37.1 Å². The number of carbonyl (C=O) groups is 4. The number of carbonyl (C=O) groups excluding carboxylic acids is 4. The minimum atomic E-state index is -0.386. The van der Waals surface area contributed by atoms with Gasteiger partial charge in [0.25, 0.3) is 6.47 Å². The molecule has 1 atom stereocenters. The van der Waals surface area contributed by atoms with Crippen LogP contribution in [0.2, 0.25) is 0 Å². The second-order valence-corrected chi connectivity index (χ2v) is 6.67. The molecule has 0 saturated heterocycles. The van der Waals surface area contributed by atoms with E-state index in [1.54, 1.807) is 18.7 Å². The van der Waals surface area contributed by atoms with Gasteiger partial charge >= 0.3 is 11.9 Å². The van der Waals surface area contributed by atoms with Crippen molar-refractivity contribution in [3.8, 4) is 0 Å². The average molecular weight is 391 g/mol. The van der Waals surface area contributed by atoms with Crippen LogP contribution in [0.1, 0.15) is 26.7 Å². The van der Waals surface area contributed by atoms with E-state index >= 15 is 0 Å². The predicted molar refractivity (Wildman–Crippen MR) is 97.8 cm³/mol. The normalized spacial score (nSPS) is 11.7. The molecule has 0 rings (SSSR count). The largest absolute Gasteiger partial charge is 0.466 e. The van der Waals surface area contributed by atoms with Crippen molar-refractivity contribution in [3.63, 3.8) is 0 Å². The molecule has 0 heterocycles. The molecule has 26 heavy (non-hydrogen) atoms. The summed E-state index contributed by atoms with van der Waals surface area (Å²) < 4.78 is 14.3. The molecule has 0 aliphatic heterocycles. The van der Waals surface area contributed by atoms with Crippen LogP contribution >= 0.6 is 11.8 Å². The highest BCUT2D eigenvalue weighted by atomic mass is 32.2. The van der Waals surface area contributed by atoms with Crippen LogP contribution < -0.4 is 0 Å². The number of thioether (sulfide) groups is 1. The number of hydrogen-bond acceptors (Lipinski definition) is 9. The summed E-state index contributed by atoms with van der Waals surface area (Å²) in [4.78, 5) is 45.8. The molecule has 0 N–H and O–H groups in total. The van der Waals surface area contributed by atoms with Crippen molar-refractivity contribution in [3.05, 3.63) is 0 Å². The molecule has 0 aromatic carbocycles. The fraction of sp³-hybridized carbons (Fsp3) is 0.765. The van der Waals surface area contributed by atoms with E-state index in [1.165, 1.54) is 0 Å². The maximum Gasteiger partial charge on any atom is 0.307 e. The Morgan fingerprint density at radius 1 is 1.04 bits per heavy atom. The Morgan fingerprint density at radius 2 is 1.69 bits per heavy atom. The van der Waals surface area contributed by atoms with Crippen LogP contribution in [-0.2, 0) is 33.4 Å². The zero-order valence-corrected chi connectivity index (χ0v) is 16.3. The second-order valence-electron chi connectivity index (χ2n) is 5.52. The monoisotopic (exact) mass is 391 g/mol. The number of aldehydes is 1. The third-order valence-corrected chi connectivity index (χ3v) is 4.50. The standard InChI is InChI=1S/C17H29NO7S/c1-3-24-16(21)4-6-18(8-11-26-13-15(2)12-19)7-5-17(22)25-10-9-23-14-20/h12,14-15H,3-11,13H2,1-2H3. The Kier molecular flexibility index (Phi) is 15.8. The number of rotatable bonds is 17. The molecule has 0 bridgehead atoms. The summed E-state index contributed by atoms with van der Waals surface area (Å²) in [6.07, 6.45) is 1.36. The maximum absolute atomic E-state index is 11.7. The van der Waals surface area contributed by atoms with Crippen molar-refractivity contribution < 1.29 is 33.4 Å². The van der Waals surface area contributed by atoms with Gasteiger partial charge in [-0.3, -0.25) is 14.4 Å². The highest BCUT2D eigenvalue weighted by Crippen LogP contribution is 2.08. The summed E-state index contributed by atoms with van der Waals surface area (Å²) in [6, 6.07) is 0. The van der Waals surface area contributed by atoms with E-state index in [0.29, 0.717) is 32.7 Å². The number of ether oxygens (including phenoxy) is 3. The number of esters is 2. The molecule has 0 aliphatic carbocycles. The third-order valence-electron chi connectivity index (χ3n) is 3.27. The van der Waals surface area contributed by atoms with Crippen molar-refractivity contribution in [2.24, 2.45) is 5.92 Å². The Labute approximate surface area is 158 Å². The van der Waals surface area contributed by atoms with Crippen LogP contribution in [0.4, 0.5) is 0 Å². The minimum Gasteiger partial charge on any atom is -0.466 e. The maximum atomic E-state index is 11.7. The highest BCUT2D eigenvalue weighted by molar-refractivity contribution is 7.99. The summed E-state index contributed by atoms with van der Waals surface area (Å²) in [6.45, 7) is 5.96. The molecule has 8 nitrogen and oxygen atoms in total. The summed E-state index contributed by atoms with van der Waals surface area (Å²) in [7, 11) is 0. The van der Waals surface area contributed by atoms with E-state index in [4.69, 9.17) is 9.47 Å². The molecule has 0 aromatic rings. The van der Waals surface area contributed by atoms with Gasteiger partial charge in [0.15, 0.2) is 0 Å². The van der Waals surface area contributed by atoms with E-state index in [-0.39, 0.29) is 43.9 Å². The van der Waals surface area contributed by atoms with Crippen molar-refractivity contribution in [1.29, 1.82) is 0 Å². The van der Waals surface area contributed by atoms with Crippen LogP contribution in [0.5, 0.6) is 0 Å². The van der Waals surface area contributed by atoms with Gasteiger partial charge in [0.05, 0.1) is 19.4 Å². The van der Waals surface area contributed by atoms with Crippen LogP contribution in [0, 0.1) is 5.92 Å². The van der Waals surface area contributed by atoms with Gasteiger partial charge in [-0.15, -0.1) is 0 Å². The van der Waals surface area contributed by atoms with Crippen molar-refractivity contribution in [2.75, 3.05) is 51.0 Å². The number of hydrogen-bond donors (Lipinski definition) is 0. The first-order valence-electron chi connectivity index (χ1n) is 8.65.